The largest absolute Gasteiger partial charge is 1.00 e. The maximum atomic E-state index is 5.53. The van der Waals surface area contributed by atoms with Crippen LogP contribution in [0.4, 0.5) is 0 Å². The molecule has 0 aromatic rings. The molecule has 0 aromatic heterocycles. The normalized spacial score (nSPS) is 11.1. The Kier molecular flexibility index (Phi) is 3.59. The third kappa shape index (κ3) is 6.39. The van der Waals surface area contributed by atoms with Crippen molar-refractivity contribution in [2.45, 2.75) is 26.2 Å². The van der Waals surface area contributed by atoms with Crippen molar-refractivity contribution in [3.8, 4) is 0 Å². The van der Waals surface area contributed by atoms with E-state index in [4.69, 9.17) is 4.12 Å². The minimum atomic E-state index is -0.667. The van der Waals surface area contributed by atoms with Crippen LogP contribution in [0, 0.1) is 0 Å². The standard InChI is InChI=1S/C4H14OSi2/c1-6(2)5-7(3)4/h6-7H,1-4H3/p+1. The molecule has 0 amide bonds. The number of hydrogen-bond acceptors (Lipinski definition) is 1. The highest BCUT2D eigenvalue weighted by atomic mass is 28.4. The molecule has 1 nitrogen and oxygen atoms in total. The lowest BCUT2D eigenvalue weighted by Gasteiger charge is -2.07. The summed E-state index contributed by atoms with van der Waals surface area (Å²) in [6.45, 7) is 8.86. The average Bonchev–Trinajstić information content (AvgIpc) is 1.27. The second-order valence-electron chi connectivity index (χ2n) is 2.23. The van der Waals surface area contributed by atoms with Crippen LogP contribution in [0.2, 0.25) is 26.2 Å². The van der Waals surface area contributed by atoms with Gasteiger partial charge in [0.2, 0.25) is 0 Å². The zero-order valence-corrected chi connectivity index (χ0v) is 7.87. The van der Waals surface area contributed by atoms with Gasteiger partial charge in [-0.1, -0.05) is 0 Å². The van der Waals surface area contributed by atoms with E-state index in [-0.39, 0.29) is 1.43 Å². The van der Waals surface area contributed by atoms with Crippen molar-refractivity contribution in [3.05, 3.63) is 0 Å². The van der Waals surface area contributed by atoms with Crippen LogP contribution >= 0.6 is 0 Å². The van der Waals surface area contributed by atoms with Crippen LogP contribution in [0.25, 0.3) is 0 Å². The third-order valence-electron chi connectivity index (χ3n) is 0.544. The topological polar surface area (TPSA) is 9.23 Å². The molecule has 0 aliphatic heterocycles. The van der Waals surface area contributed by atoms with Crippen molar-refractivity contribution in [3.63, 3.8) is 0 Å². The van der Waals surface area contributed by atoms with Gasteiger partial charge >= 0.3 is 1.43 Å². The Morgan fingerprint density at radius 1 is 1.00 bits per heavy atom. The summed E-state index contributed by atoms with van der Waals surface area (Å²) in [6, 6.07) is 0. The van der Waals surface area contributed by atoms with Crippen LogP contribution < -0.4 is 0 Å². The summed E-state index contributed by atoms with van der Waals surface area (Å²) >= 11 is 0. The Balaban J connectivity index is 0. The maximum absolute atomic E-state index is 5.53. The lowest BCUT2D eigenvalue weighted by atomic mass is 11.9. The van der Waals surface area contributed by atoms with Crippen molar-refractivity contribution in [2.24, 2.45) is 0 Å². The molecule has 0 spiro atoms. The summed E-state index contributed by atoms with van der Waals surface area (Å²) < 4.78 is 5.53. The first-order chi connectivity index (χ1) is 3.13. The molecule has 0 unspecified atom stereocenters. The molecule has 0 bridgehead atoms. The zero-order chi connectivity index (χ0) is 5.86. The molecule has 0 rings (SSSR count). The van der Waals surface area contributed by atoms with Crippen molar-refractivity contribution in [2.75, 3.05) is 0 Å². The Morgan fingerprint density at radius 2 is 1.29 bits per heavy atom. The highest BCUT2D eigenvalue weighted by molar-refractivity contribution is 6.63. The van der Waals surface area contributed by atoms with Gasteiger partial charge in [0.25, 0.3) is 0 Å². The van der Waals surface area contributed by atoms with Crippen molar-refractivity contribution >= 4 is 18.1 Å². The Labute approximate surface area is 50.6 Å². The molecule has 0 aromatic carbocycles. The summed E-state index contributed by atoms with van der Waals surface area (Å²) in [5.74, 6) is 0. The van der Waals surface area contributed by atoms with Crippen molar-refractivity contribution in [1.82, 2.24) is 0 Å². The second-order valence-corrected chi connectivity index (χ2v) is 7.52. The molecule has 0 N–H and O–H groups in total. The van der Waals surface area contributed by atoms with E-state index in [1.54, 1.807) is 0 Å². The Morgan fingerprint density at radius 3 is 1.29 bits per heavy atom. The van der Waals surface area contributed by atoms with Crippen LogP contribution in [0.1, 0.15) is 1.43 Å². The predicted molar refractivity (Wildman–Crippen MR) is 40.0 cm³/mol. The van der Waals surface area contributed by atoms with Crippen LogP contribution in [0.3, 0.4) is 0 Å². The summed E-state index contributed by atoms with van der Waals surface area (Å²) in [7, 11) is -1.33. The summed E-state index contributed by atoms with van der Waals surface area (Å²) in [5.41, 5.74) is 0. The first kappa shape index (κ1) is 7.39. The van der Waals surface area contributed by atoms with Crippen LogP contribution in [0.5, 0.6) is 0 Å². The first-order valence-corrected chi connectivity index (χ1v) is 8.34. The Hall–Kier alpha value is 0.394. The molecule has 0 saturated carbocycles. The molecule has 0 aliphatic rings. The van der Waals surface area contributed by atoms with Crippen molar-refractivity contribution < 1.29 is 5.54 Å². The quantitative estimate of drug-likeness (QED) is 0.515. The molecular formula is C4H15OSi2+. The van der Waals surface area contributed by atoms with E-state index in [1.807, 2.05) is 0 Å². The van der Waals surface area contributed by atoms with Gasteiger partial charge in [0, 0.05) is 0 Å². The minimum absolute atomic E-state index is 0. The van der Waals surface area contributed by atoms with Gasteiger partial charge in [0.1, 0.15) is 0 Å². The third-order valence-corrected chi connectivity index (χ3v) is 4.90. The average molecular weight is 135 g/mol. The molecule has 0 radical (unpaired) electrons. The maximum Gasteiger partial charge on any atom is 1.00 e. The highest BCUT2D eigenvalue weighted by Gasteiger charge is 1.97. The SMILES string of the molecule is C[SiH](C)O[SiH](C)C.[H+]. The highest BCUT2D eigenvalue weighted by Crippen LogP contribution is 1.87. The summed E-state index contributed by atoms with van der Waals surface area (Å²) in [4.78, 5) is 0. The van der Waals surface area contributed by atoms with Gasteiger partial charge in [-0.3, -0.25) is 0 Å². The van der Waals surface area contributed by atoms with Gasteiger partial charge in [0.05, 0.1) is 0 Å². The van der Waals surface area contributed by atoms with E-state index in [0.29, 0.717) is 0 Å². The van der Waals surface area contributed by atoms with E-state index in [2.05, 4.69) is 26.2 Å². The molecule has 0 fully saturated rings. The van der Waals surface area contributed by atoms with Crippen LogP contribution in [-0.2, 0) is 4.12 Å². The second kappa shape index (κ2) is 3.40. The van der Waals surface area contributed by atoms with Gasteiger partial charge < -0.3 is 4.12 Å². The van der Waals surface area contributed by atoms with Gasteiger partial charge in [-0.15, -0.1) is 0 Å². The lowest BCUT2D eigenvalue weighted by Crippen LogP contribution is -2.17. The summed E-state index contributed by atoms with van der Waals surface area (Å²) in [6.07, 6.45) is 0. The van der Waals surface area contributed by atoms with E-state index in [9.17, 15) is 0 Å². The van der Waals surface area contributed by atoms with E-state index in [0.717, 1.165) is 0 Å². The molecule has 0 saturated heterocycles. The van der Waals surface area contributed by atoms with Gasteiger partial charge in [-0.25, -0.2) is 0 Å². The van der Waals surface area contributed by atoms with Crippen molar-refractivity contribution in [1.29, 1.82) is 0 Å². The first-order valence-electron chi connectivity index (χ1n) is 2.78. The monoisotopic (exact) mass is 135 g/mol. The zero-order valence-electron chi connectivity index (χ0n) is 6.56. The molecule has 0 heterocycles. The molecule has 3 heteroatoms. The van der Waals surface area contributed by atoms with E-state index < -0.39 is 18.1 Å². The fraction of sp³-hybridized carbons (Fsp3) is 1.00. The van der Waals surface area contributed by atoms with Crippen LogP contribution in [-0.4, -0.2) is 18.1 Å². The Bertz CT molecular complexity index is 43.3. The molecule has 7 heavy (non-hydrogen) atoms. The molecule has 0 aliphatic carbocycles. The van der Waals surface area contributed by atoms with Crippen LogP contribution in [0.15, 0.2) is 0 Å². The fourth-order valence-electron chi connectivity index (χ4n) is 0.544. The number of rotatable bonds is 2. The fourth-order valence-corrected chi connectivity index (χ4v) is 4.90. The molecule has 0 atom stereocenters. The van der Waals surface area contributed by atoms with Gasteiger partial charge in [0.15, 0.2) is 18.1 Å². The lowest BCUT2D eigenvalue weighted by molar-refractivity contribution is 0.608. The predicted octanol–water partition coefficient (Wildman–Crippen LogP) is 1.08. The summed E-state index contributed by atoms with van der Waals surface area (Å²) in [5, 5.41) is 0. The smallest absolute Gasteiger partial charge is 0.461 e. The van der Waals surface area contributed by atoms with E-state index in [1.165, 1.54) is 0 Å². The molecule has 44 valence electrons. The molecular weight excluding hydrogens is 120 g/mol. The van der Waals surface area contributed by atoms with Gasteiger partial charge in [-0.2, -0.15) is 0 Å². The number of hydrogen-bond donors (Lipinski definition) is 0. The minimum Gasteiger partial charge on any atom is -0.461 e. The van der Waals surface area contributed by atoms with E-state index >= 15 is 0 Å². The van der Waals surface area contributed by atoms with Gasteiger partial charge in [-0.05, 0) is 26.2 Å².